The van der Waals surface area contributed by atoms with Crippen LogP contribution in [0.5, 0.6) is 0 Å². The Bertz CT molecular complexity index is 81.0. The number of halogens is 3. The number of nitrogens with one attached hydrogen (secondary N) is 1. The molecule has 1 aliphatic rings. The van der Waals surface area contributed by atoms with Crippen LogP contribution < -0.4 is 22.5 Å². The van der Waals surface area contributed by atoms with Crippen molar-refractivity contribution in [1.82, 2.24) is 5.32 Å². The van der Waals surface area contributed by atoms with Crippen molar-refractivity contribution in [2.75, 3.05) is 13.2 Å². The van der Waals surface area contributed by atoms with Crippen LogP contribution in [0.25, 0.3) is 0 Å². The van der Waals surface area contributed by atoms with Gasteiger partial charge in [0.1, 0.15) is 0 Å². The fraction of sp³-hybridized carbons (Fsp3) is 1.00. The molecule has 1 heterocycles. The number of hydrogen-bond donors (Lipinski definition) is 1. The van der Waals surface area contributed by atoms with Gasteiger partial charge in [0.15, 0.2) is 0 Å². The van der Waals surface area contributed by atoms with Crippen LogP contribution in [-0.2, 0) is 0 Å². The summed E-state index contributed by atoms with van der Waals surface area (Å²) in [4.78, 5) is 0. The van der Waals surface area contributed by atoms with Gasteiger partial charge in [-0.1, -0.05) is 0 Å². The molecule has 0 aromatic carbocycles. The van der Waals surface area contributed by atoms with Gasteiger partial charge in [-0.2, -0.15) is 0 Å². The Hall–Kier alpha value is 1.35. The van der Waals surface area contributed by atoms with E-state index in [-0.39, 0.29) is 12.7 Å². The SMILES string of the molecule is FC[C@@H]1C[C@@H]([I-]I)CN1. The quantitative estimate of drug-likeness (QED) is 0.452. The third kappa shape index (κ3) is 2.45. The topological polar surface area (TPSA) is 12.0 Å². The molecule has 0 spiro atoms. The van der Waals surface area contributed by atoms with Crippen LogP contribution in [0.4, 0.5) is 4.39 Å². The summed E-state index contributed by atoms with van der Waals surface area (Å²) in [6.45, 7) is 0.877. The fourth-order valence-corrected chi connectivity index (χ4v) is 4.58. The Labute approximate surface area is 74.6 Å². The van der Waals surface area contributed by atoms with Gasteiger partial charge in [0.25, 0.3) is 0 Å². The van der Waals surface area contributed by atoms with E-state index in [9.17, 15) is 4.39 Å². The molecule has 1 fully saturated rings. The summed E-state index contributed by atoms with van der Waals surface area (Å²) in [6.07, 6.45) is 1.08. The molecule has 4 heteroatoms. The van der Waals surface area contributed by atoms with Crippen LogP contribution >= 0.6 is 18.6 Å². The molecular weight excluding hydrogens is 347 g/mol. The van der Waals surface area contributed by atoms with E-state index in [1.54, 1.807) is 0 Å². The van der Waals surface area contributed by atoms with Gasteiger partial charge in [-0.25, -0.2) is 0 Å². The summed E-state index contributed by atoms with van der Waals surface area (Å²) in [6, 6.07) is 0.185. The third-order valence-electron chi connectivity index (χ3n) is 1.47. The second-order valence-corrected chi connectivity index (χ2v) is 7.57. The van der Waals surface area contributed by atoms with Crippen molar-refractivity contribution in [3.63, 3.8) is 0 Å². The average Bonchev–Trinajstić information content (AvgIpc) is 2.34. The monoisotopic (exact) mass is 356 g/mol. The Kier molecular flexibility index (Phi) is 4.01. The minimum absolute atomic E-state index is 0.184. The Morgan fingerprint density at radius 3 is 2.89 bits per heavy atom. The van der Waals surface area contributed by atoms with E-state index in [1.807, 2.05) is 0 Å². The maximum atomic E-state index is 12.0. The van der Waals surface area contributed by atoms with Crippen molar-refractivity contribution in [1.29, 1.82) is 0 Å². The molecule has 56 valence electrons. The van der Waals surface area contributed by atoms with Crippen LogP contribution in [0.2, 0.25) is 0 Å². The van der Waals surface area contributed by atoms with Gasteiger partial charge in [0, 0.05) is 0 Å². The summed E-state index contributed by atoms with van der Waals surface area (Å²) in [5, 5.41) is 3.15. The first-order valence-corrected chi connectivity index (χ1v) is 10.4. The van der Waals surface area contributed by atoms with Crippen molar-refractivity contribution in [3.8, 4) is 0 Å². The summed E-state index contributed by atoms with van der Waals surface area (Å²) < 4.78 is 12.8. The molecule has 1 aliphatic heterocycles. The van der Waals surface area contributed by atoms with E-state index in [4.69, 9.17) is 0 Å². The molecule has 0 bridgehead atoms. The zero-order valence-corrected chi connectivity index (χ0v) is 9.22. The van der Waals surface area contributed by atoms with Crippen molar-refractivity contribution < 1.29 is 21.6 Å². The summed E-state index contributed by atoms with van der Waals surface area (Å²) >= 11 is 2.77. The predicted molar refractivity (Wildman–Crippen MR) is 40.2 cm³/mol. The van der Waals surface area contributed by atoms with Crippen LogP contribution in [0, 0.1) is 0 Å². The molecule has 9 heavy (non-hydrogen) atoms. The molecule has 0 radical (unpaired) electrons. The standard InChI is InChI=1S/C5H9FI2N/c6-2-5-1-4(8-7)3-9-5/h4-5,9H,1-3H2/q-1/t4-,5+/m1/s1. The summed E-state index contributed by atoms with van der Waals surface area (Å²) in [7, 11) is 0. The molecule has 0 aromatic heterocycles. The summed E-state index contributed by atoms with van der Waals surface area (Å²) in [5.41, 5.74) is 0. The molecule has 1 saturated heterocycles. The third-order valence-corrected chi connectivity index (χ3v) is 7.55. The number of rotatable bonds is 2. The number of alkyl halides is 2. The van der Waals surface area contributed by atoms with Gasteiger partial charge >= 0.3 is 75.2 Å². The second-order valence-electron chi connectivity index (χ2n) is 2.17. The zero-order valence-electron chi connectivity index (χ0n) is 4.91. The Morgan fingerprint density at radius 2 is 2.56 bits per heavy atom. The van der Waals surface area contributed by atoms with E-state index in [0.29, 0.717) is 17.2 Å². The molecule has 0 saturated carbocycles. The Morgan fingerprint density at radius 1 is 1.78 bits per heavy atom. The molecule has 0 amide bonds. The maximum absolute atomic E-state index is 12.0. The molecule has 2 atom stereocenters. The van der Waals surface area contributed by atoms with Gasteiger partial charge in [-0.05, 0) is 0 Å². The van der Waals surface area contributed by atoms with Crippen LogP contribution in [-0.4, -0.2) is 23.2 Å². The van der Waals surface area contributed by atoms with E-state index in [2.05, 4.69) is 23.9 Å². The molecule has 0 aromatic rings. The van der Waals surface area contributed by atoms with E-state index in [0.717, 1.165) is 16.9 Å². The first kappa shape index (κ1) is 8.45. The summed E-state index contributed by atoms with van der Waals surface area (Å²) in [5.74, 6) is 0. The van der Waals surface area contributed by atoms with Crippen molar-refractivity contribution >= 4 is 18.6 Å². The van der Waals surface area contributed by atoms with Crippen LogP contribution in [0.3, 0.4) is 0 Å². The molecular formula is C5H9FI2N-. The number of hydrogen-bond acceptors (Lipinski definition) is 1. The van der Waals surface area contributed by atoms with E-state index >= 15 is 0 Å². The first-order valence-electron chi connectivity index (χ1n) is 2.90. The normalized spacial score (nSPS) is 35.8. The van der Waals surface area contributed by atoms with Crippen molar-refractivity contribution in [2.45, 2.75) is 16.4 Å². The van der Waals surface area contributed by atoms with Crippen molar-refractivity contribution in [2.24, 2.45) is 0 Å². The Balaban J connectivity index is 2.20. The van der Waals surface area contributed by atoms with Crippen LogP contribution in [0.1, 0.15) is 6.42 Å². The molecule has 1 N–H and O–H groups in total. The molecule has 1 rings (SSSR count). The predicted octanol–water partition coefficient (Wildman–Crippen LogP) is -1.87. The molecule has 0 unspecified atom stereocenters. The molecule has 0 aliphatic carbocycles. The van der Waals surface area contributed by atoms with Crippen molar-refractivity contribution in [3.05, 3.63) is 0 Å². The van der Waals surface area contributed by atoms with Crippen LogP contribution in [0.15, 0.2) is 0 Å². The minimum atomic E-state index is -0.184. The first-order chi connectivity index (χ1) is 4.36. The van der Waals surface area contributed by atoms with E-state index in [1.165, 1.54) is 0 Å². The van der Waals surface area contributed by atoms with Gasteiger partial charge in [-0.3, -0.25) is 0 Å². The zero-order chi connectivity index (χ0) is 6.69. The fourth-order valence-electron chi connectivity index (χ4n) is 0.950. The van der Waals surface area contributed by atoms with Gasteiger partial charge in [-0.15, -0.1) is 0 Å². The van der Waals surface area contributed by atoms with Gasteiger partial charge in [0.2, 0.25) is 0 Å². The average molecular weight is 356 g/mol. The second kappa shape index (κ2) is 4.27. The molecule has 1 nitrogen and oxygen atoms in total. The van der Waals surface area contributed by atoms with Gasteiger partial charge in [0.05, 0.1) is 0 Å². The van der Waals surface area contributed by atoms with E-state index < -0.39 is 0 Å². The van der Waals surface area contributed by atoms with Gasteiger partial charge < -0.3 is 0 Å².